The van der Waals surface area contributed by atoms with Crippen LogP contribution in [0.4, 0.5) is 0 Å². The fourth-order valence-corrected chi connectivity index (χ4v) is 4.74. The molecule has 2 heterocycles. The zero-order chi connectivity index (χ0) is 18.3. The van der Waals surface area contributed by atoms with E-state index in [0.717, 1.165) is 15.8 Å². The molecule has 1 saturated heterocycles. The maximum Gasteiger partial charge on any atom is 0.349 e. The highest BCUT2D eigenvalue weighted by molar-refractivity contribution is 9.10. The number of amides is 1. The van der Waals surface area contributed by atoms with Crippen LogP contribution in [-0.2, 0) is 0 Å². The zero-order valence-electron chi connectivity index (χ0n) is 13.4. The van der Waals surface area contributed by atoms with E-state index in [1.54, 1.807) is 47.0 Å². The molecule has 0 aliphatic carbocycles. The highest BCUT2D eigenvalue weighted by Gasteiger charge is 2.32. The molecule has 7 heteroatoms. The molecular formula is C19H13BrClNO3S. The minimum Gasteiger partial charge on any atom is -0.422 e. The summed E-state index contributed by atoms with van der Waals surface area (Å²) in [6, 6.07) is 14.4. The Morgan fingerprint density at radius 3 is 2.73 bits per heavy atom. The van der Waals surface area contributed by atoms with E-state index in [1.807, 2.05) is 18.2 Å². The van der Waals surface area contributed by atoms with E-state index in [1.165, 1.54) is 0 Å². The third-order valence-corrected chi connectivity index (χ3v) is 6.24. The van der Waals surface area contributed by atoms with Crippen molar-refractivity contribution in [3.05, 3.63) is 79.6 Å². The van der Waals surface area contributed by atoms with E-state index < -0.39 is 5.63 Å². The van der Waals surface area contributed by atoms with Crippen LogP contribution in [0.2, 0.25) is 5.02 Å². The molecule has 1 aliphatic heterocycles. The minimum atomic E-state index is -0.614. The monoisotopic (exact) mass is 449 g/mol. The fraction of sp³-hybridized carbons (Fsp3) is 0.158. The molecule has 0 N–H and O–H groups in total. The molecule has 0 unspecified atom stereocenters. The van der Waals surface area contributed by atoms with Crippen molar-refractivity contribution in [2.45, 2.75) is 5.37 Å². The Morgan fingerprint density at radius 2 is 1.96 bits per heavy atom. The van der Waals surface area contributed by atoms with Crippen LogP contribution in [0, 0.1) is 0 Å². The number of carbonyl (C=O) groups excluding carboxylic acids is 1. The summed E-state index contributed by atoms with van der Waals surface area (Å²) < 4.78 is 6.19. The number of rotatable bonds is 2. The van der Waals surface area contributed by atoms with Crippen LogP contribution >= 0.6 is 39.3 Å². The molecule has 0 spiro atoms. The third kappa shape index (κ3) is 3.29. The van der Waals surface area contributed by atoms with E-state index in [4.69, 9.17) is 16.0 Å². The van der Waals surface area contributed by atoms with Gasteiger partial charge in [0.25, 0.3) is 5.91 Å². The van der Waals surface area contributed by atoms with Crippen molar-refractivity contribution in [3.63, 3.8) is 0 Å². The summed E-state index contributed by atoms with van der Waals surface area (Å²) in [7, 11) is 0. The Balaban J connectivity index is 1.72. The molecule has 1 aliphatic rings. The summed E-state index contributed by atoms with van der Waals surface area (Å²) in [4.78, 5) is 27.1. The maximum atomic E-state index is 13.1. The van der Waals surface area contributed by atoms with Gasteiger partial charge in [-0.1, -0.05) is 39.7 Å². The highest BCUT2D eigenvalue weighted by Crippen LogP contribution is 2.39. The van der Waals surface area contributed by atoms with E-state index in [2.05, 4.69) is 15.9 Å². The second-order valence-electron chi connectivity index (χ2n) is 5.90. The largest absolute Gasteiger partial charge is 0.422 e. The summed E-state index contributed by atoms with van der Waals surface area (Å²) >= 11 is 11.0. The first-order valence-electron chi connectivity index (χ1n) is 7.94. The van der Waals surface area contributed by atoms with Crippen molar-refractivity contribution in [2.75, 3.05) is 12.3 Å². The van der Waals surface area contributed by atoms with Crippen molar-refractivity contribution in [1.82, 2.24) is 4.90 Å². The van der Waals surface area contributed by atoms with Gasteiger partial charge in [-0.05, 0) is 42.0 Å². The molecule has 3 aromatic rings. The molecule has 4 rings (SSSR count). The lowest BCUT2D eigenvalue weighted by molar-refractivity contribution is 0.0756. The summed E-state index contributed by atoms with van der Waals surface area (Å²) in [6.07, 6.45) is 0. The quantitative estimate of drug-likeness (QED) is 0.510. The second-order valence-corrected chi connectivity index (χ2v) is 8.44. The molecule has 1 aromatic heterocycles. The molecule has 0 saturated carbocycles. The van der Waals surface area contributed by atoms with Crippen LogP contribution in [0.5, 0.6) is 0 Å². The van der Waals surface area contributed by atoms with Gasteiger partial charge in [0.05, 0.1) is 0 Å². The smallest absolute Gasteiger partial charge is 0.349 e. The van der Waals surface area contributed by atoms with Gasteiger partial charge < -0.3 is 9.32 Å². The van der Waals surface area contributed by atoms with Crippen molar-refractivity contribution in [2.24, 2.45) is 0 Å². The molecule has 2 aromatic carbocycles. The number of hydrogen-bond donors (Lipinski definition) is 0. The third-order valence-electron chi connectivity index (χ3n) is 4.23. The second kappa shape index (κ2) is 7.10. The summed E-state index contributed by atoms with van der Waals surface area (Å²) in [5, 5.41) is 1.21. The van der Waals surface area contributed by atoms with Crippen LogP contribution in [0.1, 0.15) is 21.3 Å². The van der Waals surface area contributed by atoms with Gasteiger partial charge in [-0.15, -0.1) is 11.8 Å². The van der Waals surface area contributed by atoms with Gasteiger partial charge in [0.1, 0.15) is 16.5 Å². The Morgan fingerprint density at radius 1 is 1.19 bits per heavy atom. The van der Waals surface area contributed by atoms with Gasteiger partial charge in [-0.25, -0.2) is 4.79 Å². The van der Waals surface area contributed by atoms with Crippen molar-refractivity contribution < 1.29 is 9.21 Å². The topological polar surface area (TPSA) is 50.5 Å². The van der Waals surface area contributed by atoms with Crippen LogP contribution in [0.15, 0.2) is 62.2 Å². The molecule has 1 amide bonds. The van der Waals surface area contributed by atoms with Crippen LogP contribution in [0.3, 0.4) is 0 Å². The van der Waals surface area contributed by atoms with Crippen LogP contribution in [-0.4, -0.2) is 23.1 Å². The van der Waals surface area contributed by atoms with E-state index in [-0.39, 0.29) is 16.8 Å². The van der Waals surface area contributed by atoms with Gasteiger partial charge in [-0.3, -0.25) is 4.79 Å². The SMILES string of the molecule is O=C(c1cc2cc(Br)ccc2oc1=O)N1CCS[C@H]1c1ccc(Cl)cc1. The normalized spacial score (nSPS) is 17.0. The molecule has 4 nitrogen and oxygen atoms in total. The highest BCUT2D eigenvalue weighted by atomic mass is 79.9. The predicted molar refractivity (Wildman–Crippen MR) is 108 cm³/mol. The molecule has 1 fully saturated rings. The lowest BCUT2D eigenvalue weighted by atomic mass is 10.1. The molecule has 0 bridgehead atoms. The average molecular weight is 451 g/mol. The predicted octanol–water partition coefficient (Wildman–Crippen LogP) is 5.10. The molecule has 26 heavy (non-hydrogen) atoms. The van der Waals surface area contributed by atoms with Crippen molar-refractivity contribution in [1.29, 1.82) is 0 Å². The maximum absolute atomic E-state index is 13.1. The zero-order valence-corrected chi connectivity index (χ0v) is 16.6. The molecule has 132 valence electrons. The number of hydrogen-bond acceptors (Lipinski definition) is 4. The molecule has 1 atom stereocenters. The lowest BCUT2D eigenvalue weighted by Crippen LogP contribution is -2.33. The number of fused-ring (bicyclic) bond motifs is 1. The van der Waals surface area contributed by atoms with Gasteiger partial charge in [0, 0.05) is 27.2 Å². The Labute approximate surface area is 167 Å². The Hall–Kier alpha value is -1.76. The van der Waals surface area contributed by atoms with Crippen LogP contribution in [0.25, 0.3) is 11.0 Å². The first kappa shape index (κ1) is 17.6. The fourth-order valence-electron chi connectivity index (χ4n) is 2.98. The standard InChI is InChI=1S/C19H13BrClNO3S/c20-13-3-6-16-12(9-13)10-15(19(24)25-16)17(23)22-7-8-26-18(22)11-1-4-14(21)5-2-11/h1-6,9-10,18H,7-8H2/t18-/m0/s1. The molecular weight excluding hydrogens is 438 g/mol. The van der Waals surface area contributed by atoms with Gasteiger partial charge in [0.2, 0.25) is 0 Å². The first-order chi connectivity index (χ1) is 12.5. The molecule has 0 radical (unpaired) electrons. The number of benzene rings is 2. The first-order valence-corrected chi connectivity index (χ1v) is 10.2. The number of halogens is 2. The average Bonchev–Trinajstić information content (AvgIpc) is 3.11. The van der Waals surface area contributed by atoms with Crippen molar-refractivity contribution in [3.8, 4) is 0 Å². The lowest BCUT2D eigenvalue weighted by Gasteiger charge is -2.24. The number of nitrogens with zero attached hydrogens (tertiary/aromatic N) is 1. The van der Waals surface area contributed by atoms with Gasteiger partial charge in [0.15, 0.2) is 0 Å². The van der Waals surface area contributed by atoms with E-state index >= 15 is 0 Å². The van der Waals surface area contributed by atoms with Gasteiger partial charge >= 0.3 is 5.63 Å². The summed E-state index contributed by atoms with van der Waals surface area (Å²) in [5.74, 6) is 0.495. The Kier molecular flexibility index (Phi) is 4.82. The summed E-state index contributed by atoms with van der Waals surface area (Å²) in [5.41, 5.74) is 0.881. The van der Waals surface area contributed by atoms with Crippen molar-refractivity contribution >= 4 is 56.2 Å². The van der Waals surface area contributed by atoms with Gasteiger partial charge in [-0.2, -0.15) is 0 Å². The van der Waals surface area contributed by atoms with Crippen LogP contribution < -0.4 is 5.63 Å². The minimum absolute atomic E-state index is 0.0528. The Bertz CT molecular complexity index is 1050. The van der Waals surface area contributed by atoms with E-state index in [0.29, 0.717) is 22.5 Å². The number of carbonyl (C=O) groups is 1. The van der Waals surface area contributed by atoms with E-state index in [9.17, 15) is 9.59 Å². The summed E-state index contributed by atoms with van der Waals surface area (Å²) in [6.45, 7) is 0.576. The number of thioether (sulfide) groups is 1.